The maximum Gasteiger partial charge on any atom is 0.196 e. The van der Waals surface area contributed by atoms with Crippen LogP contribution in [-0.4, -0.2) is 21.7 Å². The maximum atomic E-state index is 3.97. The summed E-state index contributed by atoms with van der Waals surface area (Å²) in [7, 11) is 0. The van der Waals surface area contributed by atoms with Crippen LogP contribution < -0.4 is 5.32 Å². The molecule has 1 aromatic rings. The van der Waals surface area contributed by atoms with Crippen molar-refractivity contribution in [2.45, 2.75) is 19.8 Å². The van der Waals surface area contributed by atoms with Gasteiger partial charge in [-0.1, -0.05) is 19.9 Å². The van der Waals surface area contributed by atoms with Gasteiger partial charge >= 0.3 is 0 Å². The standard InChI is InChI=1S/C8H14N4/c1-3-4-5-9-7(2)8-10-6-11-12-8/h6,9H,2-5H2,1H3,(H,10,11,12). The highest BCUT2D eigenvalue weighted by Crippen LogP contribution is 1.99. The van der Waals surface area contributed by atoms with Crippen molar-refractivity contribution >= 4 is 5.70 Å². The highest BCUT2D eigenvalue weighted by atomic mass is 15.2. The molecule has 1 heterocycles. The summed E-state index contributed by atoms with van der Waals surface area (Å²) < 4.78 is 0. The van der Waals surface area contributed by atoms with Gasteiger partial charge in [-0.2, -0.15) is 5.10 Å². The number of aromatic nitrogens is 3. The quantitative estimate of drug-likeness (QED) is 0.645. The van der Waals surface area contributed by atoms with Gasteiger partial charge in [-0.3, -0.25) is 5.10 Å². The summed E-state index contributed by atoms with van der Waals surface area (Å²) in [4.78, 5) is 3.97. The summed E-state index contributed by atoms with van der Waals surface area (Å²) >= 11 is 0. The molecule has 0 aromatic carbocycles. The molecular weight excluding hydrogens is 152 g/mol. The van der Waals surface area contributed by atoms with Crippen LogP contribution in [0.25, 0.3) is 5.70 Å². The Kier molecular flexibility index (Phi) is 3.32. The Labute approximate surface area is 72.1 Å². The Hall–Kier alpha value is -1.32. The third-order valence-corrected chi connectivity index (χ3v) is 1.55. The lowest BCUT2D eigenvalue weighted by molar-refractivity contribution is 0.741. The van der Waals surface area contributed by atoms with Gasteiger partial charge in [-0.05, 0) is 6.42 Å². The lowest BCUT2D eigenvalue weighted by Gasteiger charge is -2.03. The monoisotopic (exact) mass is 166 g/mol. The first-order valence-corrected chi connectivity index (χ1v) is 4.13. The predicted octanol–water partition coefficient (Wildman–Crippen LogP) is 1.17. The van der Waals surface area contributed by atoms with Gasteiger partial charge in [0.2, 0.25) is 0 Å². The van der Waals surface area contributed by atoms with E-state index < -0.39 is 0 Å². The van der Waals surface area contributed by atoms with Crippen LogP contribution in [0.3, 0.4) is 0 Å². The molecule has 0 aliphatic heterocycles. The molecule has 4 nitrogen and oxygen atoms in total. The Morgan fingerprint density at radius 3 is 3.17 bits per heavy atom. The molecule has 12 heavy (non-hydrogen) atoms. The number of rotatable bonds is 5. The van der Waals surface area contributed by atoms with E-state index in [2.05, 4.69) is 34.0 Å². The number of unbranched alkanes of at least 4 members (excludes halogenated alkanes) is 1. The van der Waals surface area contributed by atoms with Crippen LogP contribution in [0.4, 0.5) is 0 Å². The van der Waals surface area contributed by atoms with E-state index in [-0.39, 0.29) is 0 Å². The number of H-pyrrole nitrogens is 1. The molecule has 4 heteroatoms. The molecule has 1 rings (SSSR count). The molecule has 0 aliphatic rings. The number of nitrogens with one attached hydrogen (secondary N) is 2. The van der Waals surface area contributed by atoms with Crippen molar-refractivity contribution < 1.29 is 0 Å². The summed E-state index contributed by atoms with van der Waals surface area (Å²) in [6.07, 6.45) is 3.86. The van der Waals surface area contributed by atoms with E-state index >= 15 is 0 Å². The molecule has 0 unspecified atom stereocenters. The fraction of sp³-hybridized carbons (Fsp3) is 0.500. The second kappa shape index (κ2) is 4.54. The Bertz CT molecular complexity index is 227. The highest BCUT2D eigenvalue weighted by Gasteiger charge is 1.99. The van der Waals surface area contributed by atoms with Crippen molar-refractivity contribution in [3.8, 4) is 0 Å². The molecule has 0 atom stereocenters. The Morgan fingerprint density at radius 1 is 1.75 bits per heavy atom. The minimum absolute atomic E-state index is 0.645. The fourth-order valence-corrected chi connectivity index (χ4v) is 0.849. The fourth-order valence-electron chi connectivity index (χ4n) is 0.849. The van der Waals surface area contributed by atoms with Gasteiger partial charge in [0, 0.05) is 6.54 Å². The second-order valence-electron chi connectivity index (χ2n) is 2.58. The minimum Gasteiger partial charge on any atom is -0.382 e. The van der Waals surface area contributed by atoms with Gasteiger partial charge in [0.1, 0.15) is 6.33 Å². The largest absolute Gasteiger partial charge is 0.382 e. The first-order valence-electron chi connectivity index (χ1n) is 4.13. The lowest BCUT2D eigenvalue weighted by atomic mass is 10.3. The van der Waals surface area contributed by atoms with E-state index in [1.54, 1.807) is 6.33 Å². The van der Waals surface area contributed by atoms with Gasteiger partial charge in [0.15, 0.2) is 5.82 Å². The zero-order chi connectivity index (χ0) is 8.81. The first kappa shape index (κ1) is 8.77. The smallest absolute Gasteiger partial charge is 0.196 e. The summed E-state index contributed by atoms with van der Waals surface area (Å²) in [6.45, 7) is 6.90. The number of hydrogen-bond donors (Lipinski definition) is 2. The van der Waals surface area contributed by atoms with Crippen LogP contribution in [0.5, 0.6) is 0 Å². The van der Waals surface area contributed by atoms with Crippen LogP contribution in [0, 0.1) is 0 Å². The zero-order valence-electron chi connectivity index (χ0n) is 7.30. The highest BCUT2D eigenvalue weighted by molar-refractivity contribution is 5.53. The molecule has 0 saturated carbocycles. The maximum absolute atomic E-state index is 3.97. The van der Waals surface area contributed by atoms with E-state index in [0.717, 1.165) is 18.7 Å². The van der Waals surface area contributed by atoms with Crippen molar-refractivity contribution in [3.63, 3.8) is 0 Å². The summed E-state index contributed by atoms with van der Waals surface area (Å²) in [5.74, 6) is 0.645. The zero-order valence-corrected chi connectivity index (χ0v) is 7.30. The van der Waals surface area contributed by atoms with Crippen LogP contribution in [0.2, 0.25) is 0 Å². The van der Waals surface area contributed by atoms with Crippen molar-refractivity contribution in [2.75, 3.05) is 6.54 Å². The topological polar surface area (TPSA) is 53.6 Å². The van der Waals surface area contributed by atoms with E-state index in [4.69, 9.17) is 0 Å². The molecule has 0 spiro atoms. The SMILES string of the molecule is C=C(NCCCC)c1nc[nH]n1. The van der Waals surface area contributed by atoms with Gasteiger partial charge < -0.3 is 5.32 Å². The molecule has 0 fully saturated rings. The van der Waals surface area contributed by atoms with Crippen LogP contribution in [-0.2, 0) is 0 Å². The Balaban J connectivity index is 2.30. The van der Waals surface area contributed by atoms with E-state index in [9.17, 15) is 0 Å². The van der Waals surface area contributed by atoms with Crippen molar-refractivity contribution in [3.05, 3.63) is 18.7 Å². The van der Waals surface area contributed by atoms with Gasteiger partial charge in [-0.15, -0.1) is 0 Å². The predicted molar refractivity (Wildman–Crippen MR) is 48.3 cm³/mol. The molecular formula is C8H14N4. The average Bonchev–Trinajstić information content (AvgIpc) is 2.56. The lowest BCUT2D eigenvalue weighted by Crippen LogP contribution is -2.13. The molecule has 0 radical (unpaired) electrons. The molecule has 1 aromatic heterocycles. The van der Waals surface area contributed by atoms with E-state index in [1.807, 2.05) is 0 Å². The van der Waals surface area contributed by atoms with Crippen LogP contribution >= 0.6 is 0 Å². The summed E-state index contributed by atoms with van der Waals surface area (Å²) in [5.41, 5.74) is 0.782. The second-order valence-corrected chi connectivity index (χ2v) is 2.58. The molecule has 2 N–H and O–H groups in total. The van der Waals surface area contributed by atoms with Crippen molar-refractivity contribution in [1.82, 2.24) is 20.5 Å². The first-order chi connectivity index (χ1) is 5.84. The molecule has 66 valence electrons. The number of nitrogens with zero attached hydrogens (tertiary/aromatic N) is 2. The summed E-state index contributed by atoms with van der Waals surface area (Å²) in [5, 5.41) is 9.68. The Morgan fingerprint density at radius 2 is 2.58 bits per heavy atom. The molecule has 0 amide bonds. The van der Waals surface area contributed by atoms with Crippen molar-refractivity contribution in [2.24, 2.45) is 0 Å². The molecule has 0 saturated heterocycles. The van der Waals surface area contributed by atoms with E-state index in [0.29, 0.717) is 5.82 Å². The minimum atomic E-state index is 0.645. The van der Waals surface area contributed by atoms with Gasteiger partial charge in [-0.25, -0.2) is 4.98 Å². The van der Waals surface area contributed by atoms with Gasteiger partial charge in [0.05, 0.1) is 5.70 Å². The van der Waals surface area contributed by atoms with Gasteiger partial charge in [0.25, 0.3) is 0 Å². The molecule has 0 aliphatic carbocycles. The number of hydrogen-bond acceptors (Lipinski definition) is 3. The van der Waals surface area contributed by atoms with Crippen LogP contribution in [0.1, 0.15) is 25.6 Å². The normalized spacial score (nSPS) is 9.75. The van der Waals surface area contributed by atoms with Crippen LogP contribution in [0.15, 0.2) is 12.9 Å². The van der Waals surface area contributed by atoms with Crippen molar-refractivity contribution in [1.29, 1.82) is 0 Å². The number of aromatic amines is 1. The van der Waals surface area contributed by atoms with E-state index in [1.165, 1.54) is 6.42 Å². The molecule has 0 bridgehead atoms. The third kappa shape index (κ3) is 2.38. The average molecular weight is 166 g/mol. The summed E-state index contributed by atoms with van der Waals surface area (Å²) in [6, 6.07) is 0. The third-order valence-electron chi connectivity index (χ3n) is 1.55.